The van der Waals surface area contributed by atoms with E-state index in [1.165, 1.54) is 11.1 Å². The van der Waals surface area contributed by atoms with Crippen molar-refractivity contribution >= 4 is 29.4 Å². The van der Waals surface area contributed by atoms with Crippen molar-refractivity contribution in [3.8, 4) is 0 Å². The molecule has 8 heteroatoms. The lowest BCUT2D eigenvalue weighted by molar-refractivity contribution is -0.153. The molecule has 5 rings (SSSR count). The number of guanidine groups is 1. The van der Waals surface area contributed by atoms with Crippen molar-refractivity contribution in [2.75, 3.05) is 32.8 Å². The van der Waals surface area contributed by atoms with E-state index < -0.39 is 23.8 Å². The van der Waals surface area contributed by atoms with E-state index >= 15 is 0 Å². The number of aliphatic imine (C=N–C) groups is 1. The predicted octanol–water partition coefficient (Wildman–Crippen LogP) is 4.45. The van der Waals surface area contributed by atoms with E-state index in [1.54, 1.807) is 25.1 Å². The van der Waals surface area contributed by atoms with Crippen molar-refractivity contribution in [1.82, 2.24) is 15.1 Å². The molecule has 1 fully saturated rings. The first-order chi connectivity index (χ1) is 18.5. The third-order valence-electron chi connectivity index (χ3n) is 7.03. The second-order valence-corrected chi connectivity index (χ2v) is 9.85. The van der Waals surface area contributed by atoms with Crippen LogP contribution in [0.4, 0.5) is 0 Å². The fourth-order valence-electron chi connectivity index (χ4n) is 5.23. The fourth-order valence-corrected chi connectivity index (χ4v) is 5.43. The fraction of sp³-hybridized carbons (Fsp3) is 0.300. The maximum atomic E-state index is 13.2. The highest BCUT2D eigenvalue weighted by molar-refractivity contribution is 6.30. The van der Waals surface area contributed by atoms with E-state index in [9.17, 15) is 9.59 Å². The maximum absolute atomic E-state index is 13.2. The first-order valence-corrected chi connectivity index (χ1v) is 13.3. The van der Waals surface area contributed by atoms with Crippen LogP contribution in [0, 0.1) is 5.92 Å². The summed E-state index contributed by atoms with van der Waals surface area (Å²) in [6, 6.07) is 27.6. The van der Waals surface area contributed by atoms with E-state index in [0.717, 1.165) is 13.1 Å². The van der Waals surface area contributed by atoms with Crippen LogP contribution in [0.2, 0.25) is 5.02 Å². The predicted molar refractivity (Wildman–Crippen MR) is 148 cm³/mol. The molecule has 3 aromatic carbocycles. The minimum Gasteiger partial charge on any atom is -0.465 e. The van der Waals surface area contributed by atoms with Crippen molar-refractivity contribution in [3.05, 3.63) is 107 Å². The standard InChI is InChI=1S/C30H31ClN4O3/c1-2-38-29(37)25-26(23-14-9-15-24(31)20-23)32-30(33-28(25)36)35-18-16-34(17-19-35)27(21-10-5-3-6-11-21)22-12-7-4-8-13-22/h3-15,20,25-27H,2,16-19H2,1H3,(H,32,33,36)/t25-,26+/m1/s1. The summed E-state index contributed by atoms with van der Waals surface area (Å²) in [5.74, 6) is -1.58. The molecule has 0 unspecified atom stereocenters. The average molecular weight is 531 g/mol. The number of hydrogen-bond acceptors (Lipinski definition) is 6. The van der Waals surface area contributed by atoms with Crippen molar-refractivity contribution in [2.24, 2.45) is 10.9 Å². The number of hydrogen-bond donors (Lipinski definition) is 1. The van der Waals surface area contributed by atoms with Crippen molar-refractivity contribution in [1.29, 1.82) is 0 Å². The summed E-state index contributed by atoms with van der Waals surface area (Å²) < 4.78 is 5.22. The van der Waals surface area contributed by atoms with Gasteiger partial charge in [-0.3, -0.25) is 19.8 Å². The number of nitrogens with one attached hydrogen (secondary N) is 1. The number of amides is 1. The largest absolute Gasteiger partial charge is 0.465 e. The van der Waals surface area contributed by atoms with Gasteiger partial charge in [-0.2, -0.15) is 0 Å². The lowest BCUT2D eigenvalue weighted by Crippen LogP contribution is -2.57. The molecule has 2 atom stereocenters. The molecule has 7 nitrogen and oxygen atoms in total. The van der Waals surface area contributed by atoms with Crippen LogP contribution in [-0.2, 0) is 14.3 Å². The van der Waals surface area contributed by atoms with Crippen molar-refractivity contribution < 1.29 is 14.3 Å². The van der Waals surface area contributed by atoms with Crippen LogP contribution in [0.25, 0.3) is 0 Å². The summed E-state index contributed by atoms with van der Waals surface area (Å²) in [5.41, 5.74) is 3.19. The Labute approximate surface area is 228 Å². The van der Waals surface area contributed by atoms with E-state index in [-0.39, 0.29) is 12.6 Å². The van der Waals surface area contributed by atoms with Gasteiger partial charge in [-0.25, -0.2) is 4.99 Å². The van der Waals surface area contributed by atoms with Gasteiger partial charge >= 0.3 is 5.97 Å². The number of rotatable bonds is 6. The third-order valence-corrected chi connectivity index (χ3v) is 7.27. The van der Waals surface area contributed by atoms with Crippen LogP contribution >= 0.6 is 11.6 Å². The molecule has 0 aromatic heterocycles. The molecule has 0 aliphatic carbocycles. The Bertz CT molecular complexity index is 1250. The second kappa shape index (κ2) is 11.8. The number of carbonyl (C=O) groups is 2. The lowest BCUT2D eigenvalue weighted by atomic mass is 9.91. The van der Waals surface area contributed by atoms with Gasteiger partial charge in [-0.05, 0) is 35.7 Å². The molecule has 0 bridgehead atoms. The molecule has 0 saturated carbocycles. The van der Waals surface area contributed by atoms with Crippen LogP contribution in [0.3, 0.4) is 0 Å². The number of ether oxygens (including phenoxy) is 1. The van der Waals surface area contributed by atoms with Crippen LogP contribution in [0.1, 0.15) is 35.7 Å². The summed E-state index contributed by atoms with van der Waals surface area (Å²) in [4.78, 5) is 35.4. The Hall–Kier alpha value is -3.68. The number of nitrogens with zero attached hydrogens (tertiary/aromatic N) is 3. The zero-order chi connectivity index (χ0) is 26.5. The number of piperazine rings is 1. The summed E-state index contributed by atoms with van der Waals surface area (Å²) >= 11 is 6.24. The molecule has 2 aliphatic heterocycles. The summed E-state index contributed by atoms with van der Waals surface area (Å²) in [5, 5.41) is 3.40. The van der Waals surface area contributed by atoms with Gasteiger partial charge < -0.3 is 9.64 Å². The van der Waals surface area contributed by atoms with Crippen LogP contribution < -0.4 is 5.32 Å². The highest BCUT2D eigenvalue weighted by Gasteiger charge is 2.42. The Morgan fingerprint density at radius 2 is 1.61 bits per heavy atom. The molecular weight excluding hydrogens is 500 g/mol. The van der Waals surface area contributed by atoms with Crippen LogP contribution in [-0.4, -0.2) is 60.4 Å². The van der Waals surface area contributed by atoms with Gasteiger partial charge in [0, 0.05) is 31.2 Å². The minimum atomic E-state index is -1.07. The van der Waals surface area contributed by atoms with E-state index in [1.807, 2.05) is 18.2 Å². The topological polar surface area (TPSA) is 74.2 Å². The molecule has 196 valence electrons. The summed E-state index contributed by atoms with van der Waals surface area (Å²) in [7, 11) is 0. The van der Waals surface area contributed by atoms with Gasteiger partial charge in [-0.15, -0.1) is 0 Å². The molecule has 3 aromatic rings. The van der Waals surface area contributed by atoms with Gasteiger partial charge in [0.25, 0.3) is 0 Å². The van der Waals surface area contributed by atoms with Crippen LogP contribution in [0.5, 0.6) is 0 Å². The average Bonchev–Trinajstić information content (AvgIpc) is 2.94. The van der Waals surface area contributed by atoms with Crippen molar-refractivity contribution in [3.63, 3.8) is 0 Å². The number of halogens is 1. The summed E-state index contributed by atoms with van der Waals surface area (Å²) in [6.07, 6.45) is 0. The molecular formula is C30H31ClN4O3. The third kappa shape index (κ3) is 5.59. The highest BCUT2D eigenvalue weighted by atomic mass is 35.5. The SMILES string of the molecule is CCOC(=O)[C@H]1C(=O)NC(N2CCN(C(c3ccccc3)c3ccccc3)CC2)=N[C@H]1c1cccc(Cl)c1. The highest BCUT2D eigenvalue weighted by Crippen LogP contribution is 2.33. The normalized spacial score (nSPS) is 20.1. The summed E-state index contributed by atoms with van der Waals surface area (Å²) in [6.45, 7) is 4.84. The molecule has 0 spiro atoms. The second-order valence-electron chi connectivity index (χ2n) is 9.42. The zero-order valence-corrected chi connectivity index (χ0v) is 22.1. The zero-order valence-electron chi connectivity index (χ0n) is 21.3. The van der Waals surface area contributed by atoms with Crippen LogP contribution in [0.15, 0.2) is 89.9 Å². The molecule has 2 aliphatic rings. The Balaban J connectivity index is 1.38. The van der Waals surface area contributed by atoms with Gasteiger partial charge in [0.2, 0.25) is 11.9 Å². The smallest absolute Gasteiger partial charge is 0.321 e. The van der Waals surface area contributed by atoms with Gasteiger partial charge in [0.1, 0.15) is 6.04 Å². The van der Waals surface area contributed by atoms with Gasteiger partial charge in [0.05, 0.1) is 12.6 Å². The minimum absolute atomic E-state index is 0.134. The van der Waals surface area contributed by atoms with E-state index in [4.69, 9.17) is 21.3 Å². The number of esters is 1. The maximum Gasteiger partial charge on any atom is 0.321 e. The first-order valence-electron chi connectivity index (χ1n) is 12.9. The molecule has 1 amide bonds. The Morgan fingerprint density at radius 1 is 0.974 bits per heavy atom. The number of carbonyl (C=O) groups excluding carboxylic acids is 2. The molecule has 2 heterocycles. The Kier molecular flexibility index (Phi) is 8.05. The quantitative estimate of drug-likeness (QED) is 0.376. The number of benzene rings is 3. The lowest BCUT2D eigenvalue weighted by Gasteiger charge is -2.42. The monoisotopic (exact) mass is 530 g/mol. The Morgan fingerprint density at radius 3 is 2.18 bits per heavy atom. The first kappa shape index (κ1) is 25.9. The van der Waals surface area contributed by atoms with Crippen molar-refractivity contribution in [2.45, 2.75) is 19.0 Å². The molecule has 0 radical (unpaired) electrons. The van der Waals surface area contributed by atoms with Gasteiger partial charge in [-0.1, -0.05) is 84.4 Å². The van der Waals surface area contributed by atoms with Gasteiger partial charge in [0.15, 0.2) is 5.92 Å². The molecule has 1 saturated heterocycles. The van der Waals surface area contributed by atoms with E-state index in [2.05, 4.69) is 63.6 Å². The van der Waals surface area contributed by atoms with E-state index in [0.29, 0.717) is 29.6 Å². The molecule has 38 heavy (non-hydrogen) atoms. The molecule has 1 N–H and O–H groups in total.